The number of hydrogen-bond acceptors (Lipinski definition) is 1. The first-order valence-corrected chi connectivity index (χ1v) is 6.29. The molecule has 88 valence electrons. The Morgan fingerprint density at radius 2 is 1.76 bits per heavy atom. The van der Waals surface area contributed by atoms with Gasteiger partial charge in [0.2, 0.25) is 0 Å². The van der Waals surface area contributed by atoms with Gasteiger partial charge in [-0.3, -0.25) is 4.68 Å². The van der Waals surface area contributed by atoms with Crippen LogP contribution in [0.2, 0.25) is 0 Å². The Morgan fingerprint density at radius 1 is 1.12 bits per heavy atom. The molecule has 1 N–H and O–H groups in total. The standard InChI is InChI=1S/C15H18N2/c1-12-4-6-13(7-5-12)15(14-8-9-14)16-17-10-2-3-11-17/h2-7,10-11,14-16H,8-9H2,1H3. The molecule has 3 rings (SSSR count). The van der Waals surface area contributed by atoms with Crippen molar-refractivity contribution in [3.8, 4) is 0 Å². The summed E-state index contributed by atoms with van der Waals surface area (Å²) in [4.78, 5) is 0. The number of nitrogens with zero attached hydrogens (tertiary/aromatic N) is 1. The van der Waals surface area contributed by atoms with Crippen LogP contribution in [0.3, 0.4) is 0 Å². The summed E-state index contributed by atoms with van der Waals surface area (Å²) in [6.07, 6.45) is 6.80. The molecule has 2 heteroatoms. The van der Waals surface area contributed by atoms with Crippen LogP contribution in [0.4, 0.5) is 0 Å². The van der Waals surface area contributed by atoms with Crippen LogP contribution in [-0.4, -0.2) is 4.68 Å². The molecule has 0 amide bonds. The molecular formula is C15H18N2. The van der Waals surface area contributed by atoms with Gasteiger partial charge in [0.05, 0.1) is 6.04 Å². The summed E-state index contributed by atoms with van der Waals surface area (Å²) in [6.45, 7) is 2.13. The van der Waals surface area contributed by atoms with Gasteiger partial charge in [0, 0.05) is 12.4 Å². The molecule has 1 aromatic carbocycles. The van der Waals surface area contributed by atoms with Crippen molar-refractivity contribution in [2.24, 2.45) is 5.92 Å². The fraction of sp³-hybridized carbons (Fsp3) is 0.333. The molecule has 17 heavy (non-hydrogen) atoms. The van der Waals surface area contributed by atoms with Crippen molar-refractivity contribution in [3.63, 3.8) is 0 Å². The van der Waals surface area contributed by atoms with Crippen molar-refractivity contribution in [3.05, 3.63) is 59.9 Å². The van der Waals surface area contributed by atoms with E-state index in [2.05, 4.69) is 53.7 Å². The minimum atomic E-state index is 0.447. The van der Waals surface area contributed by atoms with Crippen LogP contribution in [0.25, 0.3) is 0 Å². The number of aromatic nitrogens is 1. The van der Waals surface area contributed by atoms with Crippen molar-refractivity contribution in [1.29, 1.82) is 0 Å². The zero-order chi connectivity index (χ0) is 11.7. The molecule has 1 aliphatic carbocycles. The Morgan fingerprint density at radius 3 is 2.35 bits per heavy atom. The Kier molecular flexibility index (Phi) is 2.63. The van der Waals surface area contributed by atoms with Gasteiger partial charge in [0.15, 0.2) is 0 Å². The second kappa shape index (κ2) is 4.28. The Balaban J connectivity index is 1.82. The Labute approximate surface area is 102 Å². The molecule has 0 bridgehead atoms. The molecule has 1 atom stereocenters. The fourth-order valence-corrected chi connectivity index (χ4v) is 2.24. The fourth-order valence-electron chi connectivity index (χ4n) is 2.24. The summed E-state index contributed by atoms with van der Waals surface area (Å²) < 4.78 is 2.06. The van der Waals surface area contributed by atoms with E-state index < -0.39 is 0 Å². The van der Waals surface area contributed by atoms with Crippen LogP contribution < -0.4 is 5.43 Å². The van der Waals surface area contributed by atoms with E-state index in [1.54, 1.807) is 0 Å². The minimum absolute atomic E-state index is 0.447. The zero-order valence-electron chi connectivity index (χ0n) is 10.1. The van der Waals surface area contributed by atoms with Gasteiger partial charge in [0.25, 0.3) is 0 Å². The van der Waals surface area contributed by atoms with E-state index >= 15 is 0 Å². The molecule has 2 nitrogen and oxygen atoms in total. The lowest BCUT2D eigenvalue weighted by molar-refractivity contribution is 0.603. The zero-order valence-corrected chi connectivity index (χ0v) is 10.1. The van der Waals surface area contributed by atoms with Crippen LogP contribution in [-0.2, 0) is 0 Å². The summed E-state index contributed by atoms with van der Waals surface area (Å²) in [5.41, 5.74) is 6.29. The van der Waals surface area contributed by atoms with E-state index in [9.17, 15) is 0 Å². The van der Waals surface area contributed by atoms with Crippen molar-refractivity contribution in [2.75, 3.05) is 5.43 Å². The summed E-state index contributed by atoms with van der Waals surface area (Å²) in [6, 6.07) is 13.4. The molecule has 1 unspecified atom stereocenters. The highest BCUT2D eigenvalue weighted by Gasteiger charge is 2.32. The predicted molar refractivity (Wildman–Crippen MR) is 70.4 cm³/mol. The van der Waals surface area contributed by atoms with Crippen LogP contribution in [0, 0.1) is 12.8 Å². The highest BCUT2D eigenvalue weighted by Crippen LogP contribution is 2.41. The maximum atomic E-state index is 3.57. The largest absolute Gasteiger partial charge is 0.319 e. The third-order valence-corrected chi connectivity index (χ3v) is 3.42. The summed E-state index contributed by atoms with van der Waals surface area (Å²) >= 11 is 0. The van der Waals surface area contributed by atoms with Gasteiger partial charge in [-0.25, -0.2) is 0 Å². The van der Waals surface area contributed by atoms with Crippen LogP contribution in [0.15, 0.2) is 48.8 Å². The molecule has 1 aliphatic rings. The third-order valence-electron chi connectivity index (χ3n) is 3.42. The van der Waals surface area contributed by atoms with Gasteiger partial charge in [-0.15, -0.1) is 0 Å². The molecule has 1 saturated carbocycles. The summed E-state index contributed by atoms with van der Waals surface area (Å²) in [5, 5.41) is 0. The van der Waals surface area contributed by atoms with Crippen molar-refractivity contribution < 1.29 is 0 Å². The molecule has 0 saturated heterocycles. The van der Waals surface area contributed by atoms with E-state index in [1.165, 1.54) is 24.0 Å². The van der Waals surface area contributed by atoms with Gasteiger partial charge >= 0.3 is 0 Å². The normalized spacial score (nSPS) is 16.8. The number of hydrogen-bond donors (Lipinski definition) is 1. The summed E-state index contributed by atoms with van der Waals surface area (Å²) in [7, 11) is 0. The van der Waals surface area contributed by atoms with Crippen LogP contribution in [0.1, 0.15) is 30.0 Å². The summed E-state index contributed by atoms with van der Waals surface area (Å²) in [5.74, 6) is 0.792. The number of rotatable bonds is 4. The van der Waals surface area contributed by atoms with E-state index in [4.69, 9.17) is 0 Å². The third kappa shape index (κ3) is 2.36. The topological polar surface area (TPSA) is 17.0 Å². The average molecular weight is 226 g/mol. The maximum absolute atomic E-state index is 3.57. The first-order valence-electron chi connectivity index (χ1n) is 6.29. The molecule has 0 aliphatic heterocycles. The van der Waals surface area contributed by atoms with Gasteiger partial charge in [-0.2, -0.15) is 0 Å². The second-order valence-corrected chi connectivity index (χ2v) is 4.95. The molecule has 0 radical (unpaired) electrons. The lowest BCUT2D eigenvalue weighted by atomic mass is 10.0. The van der Waals surface area contributed by atoms with E-state index in [0.717, 1.165) is 5.92 Å². The van der Waals surface area contributed by atoms with E-state index in [-0.39, 0.29) is 0 Å². The van der Waals surface area contributed by atoms with Crippen molar-refractivity contribution in [2.45, 2.75) is 25.8 Å². The Bertz CT molecular complexity index is 466. The second-order valence-electron chi connectivity index (χ2n) is 4.95. The average Bonchev–Trinajstić information content (AvgIpc) is 3.05. The van der Waals surface area contributed by atoms with Crippen molar-refractivity contribution >= 4 is 0 Å². The number of nitrogens with one attached hydrogen (secondary N) is 1. The quantitative estimate of drug-likeness (QED) is 0.844. The highest BCUT2D eigenvalue weighted by molar-refractivity contribution is 5.27. The molecule has 1 aromatic heterocycles. The lowest BCUT2D eigenvalue weighted by Gasteiger charge is -2.21. The first-order chi connectivity index (χ1) is 8.33. The van der Waals surface area contributed by atoms with E-state index in [1.807, 2.05) is 12.1 Å². The maximum Gasteiger partial charge on any atom is 0.0701 e. The minimum Gasteiger partial charge on any atom is -0.319 e. The molecular weight excluding hydrogens is 208 g/mol. The predicted octanol–water partition coefficient (Wildman–Crippen LogP) is 3.49. The van der Waals surface area contributed by atoms with Gasteiger partial charge in [0.1, 0.15) is 0 Å². The lowest BCUT2D eigenvalue weighted by Crippen LogP contribution is -2.21. The van der Waals surface area contributed by atoms with Crippen LogP contribution in [0.5, 0.6) is 0 Å². The van der Waals surface area contributed by atoms with Gasteiger partial charge in [-0.1, -0.05) is 29.8 Å². The monoisotopic (exact) mass is 226 g/mol. The molecule has 1 fully saturated rings. The Hall–Kier alpha value is -1.70. The highest BCUT2D eigenvalue weighted by atomic mass is 15.4. The van der Waals surface area contributed by atoms with E-state index in [0.29, 0.717) is 6.04 Å². The molecule has 1 heterocycles. The number of benzene rings is 1. The molecule has 0 spiro atoms. The van der Waals surface area contributed by atoms with Crippen LogP contribution >= 0.6 is 0 Å². The SMILES string of the molecule is Cc1ccc(C(Nn2cccc2)C2CC2)cc1. The van der Waals surface area contributed by atoms with Crippen molar-refractivity contribution in [1.82, 2.24) is 4.68 Å². The number of aryl methyl sites for hydroxylation is 1. The first kappa shape index (κ1) is 10.5. The molecule has 2 aromatic rings. The van der Waals surface area contributed by atoms with Gasteiger partial charge < -0.3 is 5.43 Å². The van der Waals surface area contributed by atoms with Gasteiger partial charge in [-0.05, 0) is 43.4 Å². The smallest absolute Gasteiger partial charge is 0.0701 e.